The molecule has 0 aliphatic heterocycles. The standard InChI is InChI=1S/C16H19F2N3O/c1-5-21-13(10-14(19-21)16(2,17)18)11-6-8-12(9-7-11)15(22)20(3)4/h6-10H,5H2,1-4H3. The molecule has 1 amide bonds. The maximum absolute atomic E-state index is 13.4. The number of amides is 1. The molecular formula is C16H19F2N3O. The highest BCUT2D eigenvalue weighted by molar-refractivity contribution is 5.94. The monoisotopic (exact) mass is 307 g/mol. The van der Waals surface area contributed by atoms with Gasteiger partial charge in [-0.2, -0.15) is 13.9 Å². The fourth-order valence-electron chi connectivity index (χ4n) is 2.15. The van der Waals surface area contributed by atoms with E-state index >= 15 is 0 Å². The predicted octanol–water partition coefficient (Wildman–Crippen LogP) is 3.38. The van der Waals surface area contributed by atoms with Crippen LogP contribution in [-0.4, -0.2) is 34.7 Å². The smallest absolute Gasteiger partial charge is 0.288 e. The van der Waals surface area contributed by atoms with E-state index in [0.29, 0.717) is 17.8 Å². The van der Waals surface area contributed by atoms with Crippen molar-refractivity contribution in [1.82, 2.24) is 14.7 Å². The maximum atomic E-state index is 13.4. The van der Waals surface area contributed by atoms with Crippen LogP contribution in [0.2, 0.25) is 0 Å². The third-order valence-electron chi connectivity index (χ3n) is 3.36. The first-order valence-electron chi connectivity index (χ1n) is 7.02. The van der Waals surface area contributed by atoms with E-state index in [2.05, 4.69) is 5.10 Å². The molecule has 1 heterocycles. The summed E-state index contributed by atoms with van der Waals surface area (Å²) in [5.74, 6) is -3.08. The molecule has 6 heteroatoms. The first-order chi connectivity index (χ1) is 10.2. The van der Waals surface area contributed by atoms with Gasteiger partial charge in [-0.05, 0) is 30.7 Å². The van der Waals surface area contributed by atoms with Crippen molar-refractivity contribution in [3.8, 4) is 11.3 Å². The van der Waals surface area contributed by atoms with Gasteiger partial charge >= 0.3 is 0 Å². The molecule has 1 aromatic heterocycles. The van der Waals surface area contributed by atoms with Gasteiger partial charge in [-0.25, -0.2) is 0 Å². The SMILES string of the molecule is CCn1nc(C(C)(F)F)cc1-c1ccc(C(=O)N(C)C)cc1. The number of alkyl halides is 2. The average Bonchev–Trinajstić information content (AvgIpc) is 2.90. The Morgan fingerprint density at radius 2 is 1.86 bits per heavy atom. The fourth-order valence-corrected chi connectivity index (χ4v) is 2.15. The highest BCUT2D eigenvalue weighted by Gasteiger charge is 2.29. The van der Waals surface area contributed by atoms with Crippen molar-refractivity contribution in [3.63, 3.8) is 0 Å². The van der Waals surface area contributed by atoms with Crippen molar-refractivity contribution >= 4 is 5.91 Å². The van der Waals surface area contributed by atoms with E-state index in [-0.39, 0.29) is 11.6 Å². The van der Waals surface area contributed by atoms with E-state index in [9.17, 15) is 13.6 Å². The van der Waals surface area contributed by atoms with Gasteiger partial charge in [0, 0.05) is 33.1 Å². The molecule has 0 fully saturated rings. The van der Waals surface area contributed by atoms with E-state index < -0.39 is 5.92 Å². The van der Waals surface area contributed by atoms with Gasteiger partial charge in [0.2, 0.25) is 0 Å². The van der Waals surface area contributed by atoms with Crippen molar-refractivity contribution in [1.29, 1.82) is 0 Å². The molecular weight excluding hydrogens is 288 g/mol. The van der Waals surface area contributed by atoms with Gasteiger partial charge < -0.3 is 4.90 Å². The third kappa shape index (κ3) is 3.16. The van der Waals surface area contributed by atoms with E-state index in [0.717, 1.165) is 12.5 Å². The lowest BCUT2D eigenvalue weighted by atomic mass is 10.1. The zero-order valence-electron chi connectivity index (χ0n) is 13.1. The van der Waals surface area contributed by atoms with Crippen molar-refractivity contribution in [3.05, 3.63) is 41.6 Å². The number of halogens is 2. The summed E-state index contributed by atoms with van der Waals surface area (Å²) >= 11 is 0. The summed E-state index contributed by atoms with van der Waals surface area (Å²) in [5.41, 5.74) is 1.66. The molecule has 0 spiro atoms. The Balaban J connectivity index is 2.40. The summed E-state index contributed by atoms with van der Waals surface area (Å²) in [6.07, 6.45) is 0. The second kappa shape index (κ2) is 5.87. The van der Waals surface area contributed by atoms with Crippen molar-refractivity contribution < 1.29 is 13.6 Å². The van der Waals surface area contributed by atoms with E-state index in [1.807, 2.05) is 6.92 Å². The second-order valence-electron chi connectivity index (χ2n) is 5.40. The number of rotatable bonds is 4. The van der Waals surface area contributed by atoms with Gasteiger partial charge in [-0.3, -0.25) is 9.48 Å². The Kier molecular flexibility index (Phi) is 4.30. The largest absolute Gasteiger partial charge is 0.345 e. The molecule has 0 bridgehead atoms. The van der Waals surface area contributed by atoms with Crippen molar-refractivity contribution in [2.75, 3.05) is 14.1 Å². The quantitative estimate of drug-likeness (QED) is 0.868. The minimum Gasteiger partial charge on any atom is -0.345 e. The van der Waals surface area contributed by atoms with Crippen LogP contribution in [0.3, 0.4) is 0 Å². The predicted molar refractivity (Wildman–Crippen MR) is 80.9 cm³/mol. The van der Waals surface area contributed by atoms with Crippen LogP contribution in [0.25, 0.3) is 11.3 Å². The number of carbonyl (C=O) groups excluding carboxylic acids is 1. The Morgan fingerprint density at radius 3 is 2.32 bits per heavy atom. The molecule has 0 saturated carbocycles. The van der Waals surface area contributed by atoms with E-state index in [1.54, 1.807) is 38.4 Å². The van der Waals surface area contributed by atoms with Gasteiger partial charge in [0.05, 0.1) is 5.69 Å². The van der Waals surface area contributed by atoms with Gasteiger partial charge in [0.15, 0.2) is 0 Å². The topological polar surface area (TPSA) is 38.1 Å². The van der Waals surface area contributed by atoms with E-state index in [4.69, 9.17) is 0 Å². The van der Waals surface area contributed by atoms with Gasteiger partial charge in [-0.15, -0.1) is 0 Å². The molecule has 0 aliphatic rings. The highest BCUT2D eigenvalue weighted by atomic mass is 19.3. The maximum Gasteiger partial charge on any atom is 0.288 e. The summed E-state index contributed by atoms with van der Waals surface area (Å²) in [6.45, 7) is 3.17. The summed E-state index contributed by atoms with van der Waals surface area (Å²) < 4.78 is 28.4. The Bertz CT molecular complexity index is 670. The number of benzene rings is 1. The number of aryl methyl sites for hydroxylation is 1. The Morgan fingerprint density at radius 1 is 1.27 bits per heavy atom. The molecule has 1 aromatic carbocycles. The molecule has 4 nitrogen and oxygen atoms in total. The molecule has 0 N–H and O–H groups in total. The Hall–Kier alpha value is -2.24. The molecule has 0 radical (unpaired) electrons. The summed E-state index contributed by atoms with van der Waals surface area (Å²) in [7, 11) is 3.36. The van der Waals surface area contributed by atoms with Crippen molar-refractivity contribution in [2.45, 2.75) is 26.3 Å². The normalized spacial score (nSPS) is 11.5. The zero-order valence-corrected chi connectivity index (χ0v) is 13.1. The van der Waals surface area contributed by atoms with Crippen LogP contribution in [0.15, 0.2) is 30.3 Å². The molecule has 0 aliphatic carbocycles. The number of aromatic nitrogens is 2. The minimum absolute atomic E-state index is 0.101. The Labute approximate surface area is 128 Å². The number of carbonyl (C=O) groups is 1. The highest BCUT2D eigenvalue weighted by Crippen LogP contribution is 2.30. The summed E-state index contributed by atoms with van der Waals surface area (Å²) in [5, 5.41) is 3.95. The summed E-state index contributed by atoms with van der Waals surface area (Å²) in [4.78, 5) is 13.3. The van der Waals surface area contributed by atoms with E-state index in [1.165, 1.54) is 15.6 Å². The number of hydrogen-bond acceptors (Lipinski definition) is 2. The van der Waals surface area contributed by atoms with Crippen LogP contribution >= 0.6 is 0 Å². The fraction of sp³-hybridized carbons (Fsp3) is 0.375. The molecule has 22 heavy (non-hydrogen) atoms. The lowest BCUT2D eigenvalue weighted by Gasteiger charge is -2.10. The molecule has 2 aromatic rings. The lowest BCUT2D eigenvalue weighted by Crippen LogP contribution is -2.21. The summed E-state index contributed by atoms with van der Waals surface area (Å²) in [6, 6.07) is 8.27. The first-order valence-corrected chi connectivity index (χ1v) is 7.02. The van der Waals surface area contributed by atoms with Crippen molar-refractivity contribution in [2.24, 2.45) is 0 Å². The number of nitrogens with zero attached hydrogens (tertiary/aromatic N) is 3. The van der Waals surface area contributed by atoms with Crippen LogP contribution in [0.4, 0.5) is 8.78 Å². The van der Waals surface area contributed by atoms with Gasteiger partial charge in [-0.1, -0.05) is 12.1 Å². The average molecular weight is 307 g/mol. The van der Waals surface area contributed by atoms with Crippen LogP contribution in [0.5, 0.6) is 0 Å². The zero-order chi connectivity index (χ0) is 16.5. The first kappa shape index (κ1) is 16.1. The molecule has 0 atom stereocenters. The molecule has 0 saturated heterocycles. The van der Waals surface area contributed by atoms with Crippen LogP contribution in [0.1, 0.15) is 29.9 Å². The second-order valence-corrected chi connectivity index (χ2v) is 5.40. The number of hydrogen-bond donors (Lipinski definition) is 0. The van der Waals surface area contributed by atoms with Crippen LogP contribution in [0, 0.1) is 0 Å². The minimum atomic E-state index is -2.98. The third-order valence-corrected chi connectivity index (χ3v) is 3.36. The molecule has 0 unspecified atom stereocenters. The lowest BCUT2D eigenvalue weighted by molar-refractivity contribution is 0.0121. The van der Waals surface area contributed by atoms with Gasteiger partial charge in [0.25, 0.3) is 11.8 Å². The molecule has 2 rings (SSSR count). The molecule has 118 valence electrons. The van der Waals surface area contributed by atoms with Crippen LogP contribution in [-0.2, 0) is 12.5 Å². The van der Waals surface area contributed by atoms with Crippen LogP contribution < -0.4 is 0 Å². The van der Waals surface area contributed by atoms with Gasteiger partial charge in [0.1, 0.15) is 5.69 Å².